The summed E-state index contributed by atoms with van der Waals surface area (Å²) in [6.07, 6.45) is -4.70. The van der Waals surface area contributed by atoms with Crippen LogP contribution in [0.4, 0.5) is 24.5 Å². The van der Waals surface area contributed by atoms with Gasteiger partial charge in [0.05, 0.1) is 16.5 Å². The van der Waals surface area contributed by atoms with Gasteiger partial charge in [-0.1, -0.05) is 23.7 Å². The lowest BCUT2D eigenvalue weighted by molar-refractivity contribution is -0.137. The number of nitrogens with one attached hydrogen (secondary N) is 1. The van der Waals surface area contributed by atoms with Crippen molar-refractivity contribution in [2.75, 3.05) is 16.8 Å². The molecule has 8 heteroatoms. The van der Waals surface area contributed by atoms with E-state index in [-0.39, 0.29) is 24.6 Å². The second kappa shape index (κ2) is 7.23. The second-order valence-corrected chi connectivity index (χ2v) is 6.83. The molecule has 3 rings (SSSR count). The third kappa shape index (κ3) is 4.24. The maximum Gasteiger partial charge on any atom is 0.417 e. The maximum atomic E-state index is 13.0. The van der Waals surface area contributed by atoms with Gasteiger partial charge in [-0.05, 0) is 42.8 Å². The molecule has 1 saturated heterocycles. The number of halogens is 4. The quantitative estimate of drug-likeness (QED) is 0.820. The SMILES string of the molecule is Cc1cccc(NC(=O)C2CC(=O)N(c3ccc(Cl)c(C(F)(F)F)c3)C2)c1. The van der Waals surface area contributed by atoms with Gasteiger partial charge in [0.2, 0.25) is 11.8 Å². The lowest BCUT2D eigenvalue weighted by Crippen LogP contribution is -2.28. The van der Waals surface area contributed by atoms with Crippen LogP contribution in [0.5, 0.6) is 0 Å². The lowest BCUT2D eigenvalue weighted by atomic mass is 10.1. The first-order chi connectivity index (χ1) is 12.6. The summed E-state index contributed by atoms with van der Waals surface area (Å²) < 4.78 is 39.1. The lowest BCUT2D eigenvalue weighted by Gasteiger charge is -2.19. The number of aryl methyl sites for hydroxylation is 1. The standard InChI is InChI=1S/C19H16ClF3N2O2/c1-11-3-2-4-13(7-11)24-18(27)12-8-17(26)25(10-12)14-5-6-16(20)15(9-14)19(21,22)23/h2-7,9,12H,8,10H2,1H3,(H,24,27). The van der Waals surface area contributed by atoms with E-state index in [1.807, 2.05) is 13.0 Å². The number of hydrogen-bond donors (Lipinski definition) is 1. The monoisotopic (exact) mass is 396 g/mol. The Kier molecular flexibility index (Phi) is 5.15. The zero-order valence-electron chi connectivity index (χ0n) is 14.3. The first-order valence-corrected chi connectivity index (χ1v) is 8.57. The number of alkyl halides is 3. The average Bonchev–Trinajstić information content (AvgIpc) is 2.96. The van der Waals surface area contributed by atoms with E-state index < -0.39 is 28.6 Å². The summed E-state index contributed by atoms with van der Waals surface area (Å²) in [5.41, 5.74) is 0.638. The molecule has 1 N–H and O–H groups in total. The van der Waals surface area contributed by atoms with Gasteiger partial charge in [0.1, 0.15) is 0 Å². The summed E-state index contributed by atoms with van der Waals surface area (Å²) in [7, 11) is 0. The highest BCUT2D eigenvalue weighted by atomic mass is 35.5. The Morgan fingerprint density at radius 1 is 1.22 bits per heavy atom. The van der Waals surface area contributed by atoms with Crippen LogP contribution < -0.4 is 10.2 Å². The molecule has 0 spiro atoms. The molecule has 0 aromatic heterocycles. The summed E-state index contributed by atoms with van der Waals surface area (Å²) in [6.45, 7) is 1.89. The van der Waals surface area contributed by atoms with Gasteiger partial charge >= 0.3 is 6.18 Å². The van der Waals surface area contributed by atoms with E-state index in [9.17, 15) is 22.8 Å². The minimum atomic E-state index is -4.63. The first-order valence-electron chi connectivity index (χ1n) is 8.20. The van der Waals surface area contributed by atoms with E-state index >= 15 is 0 Å². The predicted molar refractivity (Wildman–Crippen MR) is 96.7 cm³/mol. The molecule has 2 aromatic rings. The summed E-state index contributed by atoms with van der Waals surface area (Å²) >= 11 is 5.62. The van der Waals surface area contributed by atoms with E-state index in [1.165, 1.54) is 11.0 Å². The minimum absolute atomic E-state index is 0.00934. The van der Waals surface area contributed by atoms with E-state index in [0.717, 1.165) is 17.7 Å². The van der Waals surface area contributed by atoms with Gasteiger partial charge < -0.3 is 10.2 Å². The molecule has 1 aliphatic heterocycles. The Balaban J connectivity index is 1.77. The summed E-state index contributed by atoms with van der Waals surface area (Å²) in [4.78, 5) is 25.9. The highest BCUT2D eigenvalue weighted by Gasteiger charge is 2.38. The van der Waals surface area contributed by atoms with E-state index in [1.54, 1.807) is 18.2 Å². The van der Waals surface area contributed by atoms with Crippen LogP contribution in [0.15, 0.2) is 42.5 Å². The molecular weight excluding hydrogens is 381 g/mol. The fourth-order valence-corrected chi connectivity index (χ4v) is 3.22. The number of carbonyl (C=O) groups excluding carboxylic acids is 2. The Hall–Kier alpha value is -2.54. The van der Waals surface area contributed by atoms with Crippen LogP contribution >= 0.6 is 11.6 Å². The zero-order valence-corrected chi connectivity index (χ0v) is 15.1. The zero-order chi connectivity index (χ0) is 19.8. The number of benzene rings is 2. The smallest absolute Gasteiger partial charge is 0.326 e. The van der Waals surface area contributed by atoms with Crippen molar-refractivity contribution < 1.29 is 22.8 Å². The highest BCUT2D eigenvalue weighted by Crippen LogP contribution is 2.38. The molecule has 0 bridgehead atoms. The Bertz CT molecular complexity index is 899. The molecule has 2 amide bonds. The van der Waals surface area contributed by atoms with E-state index in [0.29, 0.717) is 5.69 Å². The van der Waals surface area contributed by atoms with Crippen molar-refractivity contribution >= 4 is 34.8 Å². The largest absolute Gasteiger partial charge is 0.417 e. The average molecular weight is 397 g/mol. The number of rotatable bonds is 3. The minimum Gasteiger partial charge on any atom is -0.326 e. The molecule has 1 unspecified atom stereocenters. The summed E-state index contributed by atoms with van der Waals surface area (Å²) in [5, 5.41) is 2.30. The van der Waals surface area contributed by atoms with Crippen LogP contribution in [0.3, 0.4) is 0 Å². The van der Waals surface area contributed by atoms with Gasteiger partial charge in [0.15, 0.2) is 0 Å². The molecule has 2 aromatic carbocycles. The van der Waals surface area contributed by atoms with Crippen molar-refractivity contribution in [2.24, 2.45) is 5.92 Å². The predicted octanol–water partition coefficient (Wildman–Crippen LogP) is 4.66. The van der Waals surface area contributed by atoms with Crippen molar-refractivity contribution in [3.8, 4) is 0 Å². The number of amides is 2. The molecule has 1 atom stereocenters. The molecule has 4 nitrogen and oxygen atoms in total. The normalized spacial score (nSPS) is 17.3. The highest BCUT2D eigenvalue weighted by molar-refractivity contribution is 6.31. The maximum absolute atomic E-state index is 13.0. The van der Waals surface area contributed by atoms with Gasteiger partial charge in [0, 0.05) is 24.3 Å². The second-order valence-electron chi connectivity index (χ2n) is 6.43. The Labute approximate surface area is 158 Å². The van der Waals surface area contributed by atoms with Crippen LogP contribution in [-0.4, -0.2) is 18.4 Å². The number of carbonyl (C=O) groups is 2. The van der Waals surface area contributed by atoms with Gasteiger partial charge in [-0.25, -0.2) is 0 Å². The molecule has 1 aliphatic rings. The van der Waals surface area contributed by atoms with Crippen molar-refractivity contribution in [3.05, 3.63) is 58.6 Å². The van der Waals surface area contributed by atoms with E-state index in [2.05, 4.69) is 5.32 Å². The van der Waals surface area contributed by atoms with Crippen LogP contribution in [-0.2, 0) is 15.8 Å². The van der Waals surface area contributed by atoms with Crippen LogP contribution in [0.25, 0.3) is 0 Å². The fourth-order valence-electron chi connectivity index (χ4n) is 3.00. The molecular formula is C19H16ClF3N2O2. The molecule has 142 valence electrons. The van der Waals surface area contributed by atoms with Crippen molar-refractivity contribution in [2.45, 2.75) is 19.5 Å². The van der Waals surface area contributed by atoms with Gasteiger partial charge in [0.25, 0.3) is 0 Å². The topological polar surface area (TPSA) is 49.4 Å². The Morgan fingerprint density at radius 3 is 2.63 bits per heavy atom. The third-order valence-electron chi connectivity index (χ3n) is 4.35. The number of anilines is 2. The van der Waals surface area contributed by atoms with Crippen LogP contribution in [0, 0.1) is 12.8 Å². The summed E-state index contributed by atoms with van der Waals surface area (Å²) in [6, 6.07) is 10.5. The van der Waals surface area contributed by atoms with E-state index in [4.69, 9.17) is 11.6 Å². The van der Waals surface area contributed by atoms with Gasteiger partial charge in [-0.3, -0.25) is 9.59 Å². The molecule has 1 fully saturated rings. The van der Waals surface area contributed by atoms with Crippen molar-refractivity contribution in [3.63, 3.8) is 0 Å². The van der Waals surface area contributed by atoms with Crippen LogP contribution in [0.1, 0.15) is 17.5 Å². The van der Waals surface area contributed by atoms with Crippen LogP contribution in [0.2, 0.25) is 5.02 Å². The summed E-state index contributed by atoms with van der Waals surface area (Å²) in [5.74, 6) is -1.40. The fraction of sp³-hybridized carbons (Fsp3) is 0.263. The van der Waals surface area contributed by atoms with Crippen molar-refractivity contribution in [1.82, 2.24) is 0 Å². The Morgan fingerprint density at radius 2 is 1.96 bits per heavy atom. The first kappa shape index (κ1) is 19.2. The van der Waals surface area contributed by atoms with Gasteiger partial charge in [-0.2, -0.15) is 13.2 Å². The molecule has 1 heterocycles. The molecule has 27 heavy (non-hydrogen) atoms. The molecule has 0 radical (unpaired) electrons. The number of nitrogens with zero attached hydrogens (tertiary/aromatic N) is 1. The molecule has 0 aliphatic carbocycles. The molecule has 0 saturated carbocycles. The van der Waals surface area contributed by atoms with Gasteiger partial charge in [-0.15, -0.1) is 0 Å². The third-order valence-corrected chi connectivity index (χ3v) is 4.68. The number of hydrogen-bond acceptors (Lipinski definition) is 2. The van der Waals surface area contributed by atoms with Crippen molar-refractivity contribution in [1.29, 1.82) is 0 Å².